The largest absolute Gasteiger partial charge is 0.352 e. The Morgan fingerprint density at radius 1 is 1.26 bits per heavy atom. The number of hydrogen-bond donors (Lipinski definition) is 1. The summed E-state index contributed by atoms with van der Waals surface area (Å²) in [5.74, 6) is 0.0535. The van der Waals surface area contributed by atoms with Crippen molar-refractivity contribution < 1.29 is 4.79 Å². The number of nitrogens with zero attached hydrogens (tertiary/aromatic N) is 1. The molecule has 2 rings (SSSR count). The molecule has 0 saturated carbocycles. The van der Waals surface area contributed by atoms with Gasteiger partial charge in [-0.1, -0.05) is 18.2 Å². The highest BCUT2D eigenvalue weighted by Gasteiger charge is 2.03. The molecule has 0 atom stereocenters. The molecule has 96 valence electrons. The number of carbonyl (C=O) groups excluding carboxylic acids is 1. The van der Waals surface area contributed by atoms with Gasteiger partial charge in [-0.3, -0.25) is 4.79 Å². The molecule has 0 saturated heterocycles. The van der Waals surface area contributed by atoms with Crippen molar-refractivity contribution >= 4 is 17.2 Å². The van der Waals surface area contributed by atoms with Crippen LogP contribution in [0.1, 0.15) is 22.4 Å². The second-order valence-corrected chi connectivity index (χ2v) is 5.20. The number of aryl methyl sites for hydroxylation is 1. The third-order valence-electron chi connectivity index (χ3n) is 2.75. The maximum Gasteiger partial charge on any atom is 0.220 e. The van der Waals surface area contributed by atoms with Gasteiger partial charge in [0.2, 0.25) is 5.91 Å². The predicted octanol–water partition coefficient (Wildman–Crippen LogP) is 2.87. The van der Waals surface area contributed by atoms with E-state index in [1.807, 2.05) is 29.6 Å². The van der Waals surface area contributed by atoms with Crippen molar-refractivity contribution in [1.29, 1.82) is 5.26 Å². The van der Waals surface area contributed by atoms with Crippen LogP contribution >= 0.6 is 11.3 Å². The van der Waals surface area contributed by atoms with Crippen molar-refractivity contribution in [2.45, 2.75) is 19.4 Å². The molecule has 3 nitrogen and oxygen atoms in total. The van der Waals surface area contributed by atoms with Gasteiger partial charge >= 0.3 is 0 Å². The number of benzene rings is 1. The summed E-state index contributed by atoms with van der Waals surface area (Å²) in [4.78, 5) is 12.9. The number of carbonyl (C=O) groups is 1. The zero-order valence-electron chi connectivity index (χ0n) is 10.4. The van der Waals surface area contributed by atoms with Crippen LogP contribution < -0.4 is 5.32 Å². The van der Waals surface area contributed by atoms with E-state index in [1.54, 1.807) is 23.5 Å². The molecule has 0 spiro atoms. The molecule has 1 aromatic heterocycles. The molecule has 1 aromatic carbocycles. The van der Waals surface area contributed by atoms with Gasteiger partial charge in [-0.05, 0) is 35.6 Å². The van der Waals surface area contributed by atoms with Gasteiger partial charge < -0.3 is 5.32 Å². The van der Waals surface area contributed by atoms with Crippen molar-refractivity contribution in [3.63, 3.8) is 0 Å². The third kappa shape index (κ3) is 4.23. The standard InChI is InChI=1S/C15H14N2OS/c16-10-12-3-5-13(6-4-12)11-17-15(18)8-7-14-2-1-9-19-14/h1-6,9H,7-8,11H2,(H,17,18). The highest BCUT2D eigenvalue weighted by Crippen LogP contribution is 2.10. The highest BCUT2D eigenvalue weighted by molar-refractivity contribution is 7.09. The van der Waals surface area contributed by atoms with Gasteiger partial charge in [0.1, 0.15) is 0 Å². The Hall–Kier alpha value is -2.12. The molecular weight excluding hydrogens is 256 g/mol. The average Bonchev–Trinajstić information content (AvgIpc) is 2.96. The molecule has 4 heteroatoms. The molecule has 2 aromatic rings. The summed E-state index contributed by atoms with van der Waals surface area (Å²) in [6, 6.07) is 13.3. The van der Waals surface area contributed by atoms with Crippen LogP contribution in [-0.2, 0) is 17.8 Å². The first-order valence-electron chi connectivity index (χ1n) is 6.06. The van der Waals surface area contributed by atoms with Crippen LogP contribution in [0, 0.1) is 11.3 Å². The topological polar surface area (TPSA) is 52.9 Å². The van der Waals surface area contributed by atoms with E-state index in [-0.39, 0.29) is 5.91 Å². The lowest BCUT2D eigenvalue weighted by Crippen LogP contribution is -2.22. The molecule has 0 fully saturated rings. The summed E-state index contributed by atoms with van der Waals surface area (Å²) in [5, 5.41) is 13.6. The van der Waals surface area contributed by atoms with Crippen LogP contribution in [-0.4, -0.2) is 5.91 Å². The van der Waals surface area contributed by atoms with Crippen molar-refractivity contribution in [1.82, 2.24) is 5.32 Å². The van der Waals surface area contributed by atoms with Gasteiger partial charge in [-0.2, -0.15) is 5.26 Å². The monoisotopic (exact) mass is 270 g/mol. The van der Waals surface area contributed by atoms with E-state index in [1.165, 1.54) is 4.88 Å². The first-order chi connectivity index (χ1) is 9.28. The Balaban J connectivity index is 1.75. The second-order valence-electron chi connectivity index (χ2n) is 4.16. The van der Waals surface area contributed by atoms with E-state index in [9.17, 15) is 4.79 Å². The summed E-state index contributed by atoms with van der Waals surface area (Å²) in [6.45, 7) is 0.509. The normalized spacial score (nSPS) is 9.84. The number of nitrogens with one attached hydrogen (secondary N) is 1. The fourth-order valence-electron chi connectivity index (χ4n) is 1.68. The van der Waals surface area contributed by atoms with Crippen molar-refractivity contribution in [2.24, 2.45) is 0 Å². The predicted molar refractivity (Wildman–Crippen MR) is 75.6 cm³/mol. The van der Waals surface area contributed by atoms with Crippen molar-refractivity contribution in [3.05, 3.63) is 57.8 Å². The summed E-state index contributed by atoms with van der Waals surface area (Å²) in [6.07, 6.45) is 1.30. The van der Waals surface area contributed by atoms with E-state index in [2.05, 4.69) is 11.4 Å². The van der Waals surface area contributed by atoms with E-state index in [4.69, 9.17) is 5.26 Å². The summed E-state index contributed by atoms with van der Waals surface area (Å²) >= 11 is 1.67. The third-order valence-corrected chi connectivity index (χ3v) is 3.69. The number of amides is 1. The van der Waals surface area contributed by atoms with Gasteiger partial charge in [0, 0.05) is 17.8 Å². The Morgan fingerprint density at radius 2 is 2.05 bits per heavy atom. The molecule has 0 unspecified atom stereocenters. The van der Waals surface area contributed by atoms with Gasteiger partial charge in [-0.25, -0.2) is 0 Å². The zero-order valence-corrected chi connectivity index (χ0v) is 11.2. The van der Waals surface area contributed by atoms with E-state index < -0.39 is 0 Å². The summed E-state index contributed by atoms with van der Waals surface area (Å²) in [5.41, 5.74) is 1.64. The number of thiophene rings is 1. The Labute approximate surface area is 116 Å². The first-order valence-corrected chi connectivity index (χ1v) is 6.94. The van der Waals surface area contributed by atoms with Crippen LogP contribution in [0.4, 0.5) is 0 Å². The summed E-state index contributed by atoms with van der Waals surface area (Å²) in [7, 11) is 0. The van der Waals surface area contributed by atoms with Gasteiger partial charge in [0.05, 0.1) is 11.6 Å². The molecule has 1 amide bonds. The average molecular weight is 270 g/mol. The SMILES string of the molecule is N#Cc1ccc(CNC(=O)CCc2cccs2)cc1. The van der Waals surface area contributed by atoms with Gasteiger partial charge in [0.15, 0.2) is 0 Å². The fraction of sp³-hybridized carbons (Fsp3) is 0.200. The molecule has 1 heterocycles. The number of hydrogen-bond acceptors (Lipinski definition) is 3. The molecule has 1 N–H and O–H groups in total. The minimum atomic E-state index is 0.0535. The lowest BCUT2D eigenvalue weighted by atomic mass is 10.1. The molecule has 0 aliphatic carbocycles. The van der Waals surface area contributed by atoms with E-state index in [0.717, 1.165) is 12.0 Å². The van der Waals surface area contributed by atoms with Crippen LogP contribution in [0.2, 0.25) is 0 Å². The summed E-state index contributed by atoms with van der Waals surface area (Å²) < 4.78 is 0. The van der Waals surface area contributed by atoms with E-state index in [0.29, 0.717) is 18.5 Å². The molecule has 0 radical (unpaired) electrons. The minimum absolute atomic E-state index is 0.0535. The maximum atomic E-state index is 11.7. The lowest BCUT2D eigenvalue weighted by molar-refractivity contribution is -0.121. The Bertz CT molecular complexity index is 567. The van der Waals surface area contributed by atoms with Crippen molar-refractivity contribution in [2.75, 3.05) is 0 Å². The number of nitriles is 1. The van der Waals surface area contributed by atoms with Gasteiger partial charge in [0.25, 0.3) is 0 Å². The smallest absolute Gasteiger partial charge is 0.220 e. The van der Waals surface area contributed by atoms with Crippen LogP contribution in [0.5, 0.6) is 0 Å². The quantitative estimate of drug-likeness (QED) is 0.908. The fourth-order valence-corrected chi connectivity index (χ4v) is 2.39. The van der Waals surface area contributed by atoms with Gasteiger partial charge in [-0.15, -0.1) is 11.3 Å². The highest BCUT2D eigenvalue weighted by atomic mass is 32.1. The Kier molecular flexibility index (Phi) is 4.71. The van der Waals surface area contributed by atoms with E-state index >= 15 is 0 Å². The van der Waals surface area contributed by atoms with Crippen LogP contribution in [0.25, 0.3) is 0 Å². The Morgan fingerprint density at radius 3 is 2.68 bits per heavy atom. The first kappa shape index (κ1) is 13.3. The molecule has 19 heavy (non-hydrogen) atoms. The molecule has 0 bridgehead atoms. The molecule has 0 aliphatic rings. The minimum Gasteiger partial charge on any atom is -0.352 e. The lowest BCUT2D eigenvalue weighted by Gasteiger charge is -2.05. The zero-order chi connectivity index (χ0) is 13.5. The molecular formula is C15H14N2OS. The van der Waals surface area contributed by atoms with Crippen LogP contribution in [0.15, 0.2) is 41.8 Å². The number of rotatable bonds is 5. The van der Waals surface area contributed by atoms with Crippen LogP contribution in [0.3, 0.4) is 0 Å². The maximum absolute atomic E-state index is 11.7. The second kappa shape index (κ2) is 6.72. The molecule has 0 aliphatic heterocycles. The van der Waals surface area contributed by atoms with Crippen molar-refractivity contribution in [3.8, 4) is 6.07 Å².